The summed E-state index contributed by atoms with van der Waals surface area (Å²) >= 11 is 8.76. The van der Waals surface area contributed by atoms with Crippen molar-refractivity contribution >= 4 is 30.2 Å². The molecule has 0 saturated heterocycles. The lowest BCUT2D eigenvalue weighted by Gasteiger charge is -2.11. The van der Waals surface area contributed by atoms with Crippen LogP contribution in [0.1, 0.15) is 0 Å². The highest BCUT2D eigenvalue weighted by atomic mass is 35.5. The molecule has 0 spiro atoms. The number of carboxylic acid groups (broad SMARTS) is 1. The molecule has 0 aliphatic rings. The maximum absolute atomic E-state index is 9.95. The topological polar surface area (TPSA) is 94.8 Å². The molecule has 0 heterocycles. The van der Waals surface area contributed by atoms with E-state index in [-0.39, 0.29) is 11.2 Å². The third-order valence-corrected chi connectivity index (χ3v) is 1.57. The monoisotopic (exact) mass is 173 g/mol. The summed E-state index contributed by atoms with van der Waals surface area (Å²) in [4.78, 5) is 8.24. The molecule has 5 N–H and O–H groups in total. The highest BCUT2D eigenvalue weighted by Crippen LogP contribution is 2.07. The Hall–Kier alpha value is 0.0300. The third kappa shape index (κ3) is 3.58. The quantitative estimate of drug-likeness (QED) is 0.286. The van der Waals surface area contributed by atoms with E-state index in [0.29, 0.717) is 0 Å². The first-order valence-electron chi connectivity index (χ1n) is 1.83. The van der Waals surface area contributed by atoms with Gasteiger partial charge in [0.25, 0.3) is 0 Å². The summed E-state index contributed by atoms with van der Waals surface area (Å²) in [7, 11) is 0. The zero-order chi connectivity index (χ0) is 6.78. The molecule has 0 aromatic heterocycles. The van der Waals surface area contributed by atoms with E-state index >= 15 is 0 Å². The second-order valence-electron chi connectivity index (χ2n) is 1.33. The van der Waals surface area contributed by atoms with Gasteiger partial charge in [-0.25, -0.2) is 4.79 Å². The van der Waals surface area contributed by atoms with Gasteiger partial charge in [-0.05, 0) is 0 Å². The molecule has 0 aliphatic carbocycles. The van der Waals surface area contributed by atoms with Crippen molar-refractivity contribution in [1.29, 1.82) is 0 Å². The van der Waals surface area contributed by atoms with Crippen LogP contribution < -0.4 is 5.73 Å². The van der Waals surface area contributed by atoms with Crippen LogP contribution >= 0.6 is 24.2 Å². The number of hydrogen-bond acceptors (Lipinski definition) is 3. The summed E-state index contributed by atoms with van der Waals surface area (Å²) in [6.45, 7) is 0. The van der Waals surface area contributed by atoms with Crippen molar-refractivity contribution in [3.63, 3.8) is 0 Å². The standard InChI is InChI=1S/C3H6ClNO2S.H2O/c4-3(5,1-8)2(6)7;/h8H,1,5H2,(H,6,7);1H2/t3-;/m0./s1. The lowest BCUT2D eigenvalue weighted by atomic mass is 10.4. The van der Waals surface area contributed by atoms with Crippen LogP contribution in [0.5, 0.6) is 0 Å². The van der Waals surface area contributed by atoms with Crippen molar-refractivity contribution in [2.24, 2.45) is 5.73 Å². The highest BCUT2D eigenvalue weighted by molar-refractivity contribution is 7.80. The van der Waals surface area contributed by atoms with Crippen molar-refractivity contribution in [3.8, 4) is 0 Å². The van der Waals surface area contributed by atoms with Crippen molar-refractivity contribution in [3.05, 3.63) is 0 Å². The summed E-state index contributed by atoms with van der Waals surface area (Å²) in [5, 5.41) is 8.14. The Balaban J connectivity index is 0. The van der Waals surface area contributed by atoms with Gasteiger partial charge in [-0.15, -0.1) is 0 Å². The smallest absolute Gasteiger partial charge is 0.340 e. The van der Waals surface area contributed by atoms with Crippen molar-refractivity contribution < 1.29 is 15.4 Å². The fraction of sp³-hybridized carbons (Fsp3) is 0.667. The first-order chi connectivity index (χ1) is 3.50. The van der Waals surface area contributed by atoms with Gasteiger partial charge in [0.1, 0.15) is 0 Å². The Labute approximate surface area is 62.7 Å². The Kier molecular flexibility index (Phi) is 5.16. The third-order valence-electron chi connectivity index (χ3n) is 0.586. The molecule has 0 radical (unpaired) electrons. The van der Waals surface area contributed by atoms with Gasteiger partial charge in [-0.2, -0.15) is 12.6 Å². The molecule has 0 aliphatic heterocycles. The minimum absolute atomic E-state index is 0. The molecule has 0 saturated carbocycles. The molecular weight excluding hydrogens is 166 g/mol. The molecule has 56 valence electrons. The number of nitrogens with two attached hydrogens (primary N) is 1. The molecular formula is C3H8ClNO3S. The van der Waals surface area contributed by atoms with Gasteiger partial charge in [0.15, 0.2) is 5.00 Å². The average molecular weight is 174 g/mol. The van der Waals surface area contributed by atoms with E-state index in [1.54, 1.807) is 0 Å². The first-order valence-corrected chi connectivity index (χ1v) is 2.84. The summed E-state index contributed by atoms with van der Waals surface area (Å²) < 4.78 is 0. The van der Waals surface area contributed by atoms with Crippen LogP contribution in [0.3, 0.4) is 0 Å². The predicted octanol–water partition coefficient (Wildman–Crippen LogP) is -0.930. The van der Waals surface area contributed by atoms with Crippen molar-refractivity contribution in [1.82, 2.24) is 0 Å². The second kappa shape index (κ2) is 3.94. The number of thiol groups is 1. The number of rotatable bonds is 2. The van der Waals surface area contributed by atoms with Gasteiger partial charge >= 0.3 is 5.97 Å². The van der Waals surface area contributed by atoms with E-state index in [1.165, 1.54) is 0 Å². The Morgan fingerprint density at radius 3 is 2.22 bits per heavy atom. The Morgan fingerprint density at radius 2 is 2.22 bits per heavy atom. The zero-order valence-corrected chi connectivity index (χ0v) is 6.12. The molecule has 0 aromatic carbocycles. The molecule has 6 heteroatoms. The fourth-order valence-corrected chi connectivity index (χ4v) is 0.203. The summed E-state index contributed by atoms with van der Waals surface area (Å²) in [5.74, 6) is -1.33. The van der Waals surface area contributed by atoms with Crippen molar-refractivity contribution in [2.75, 3.05) is 5.75 Å². The zero-order valence-electron chi connectivity index (χ0n) is 4.47. The minimum atomic E-state index is -1.71. The van der Waals surface area contributed by atoms with Crippen molar-refractivity contribution in [2.45, 2.75) is 5.00 Å². The van der Waals surface area contributed by atoms with Crippen LogP contribution in [0.4, 0.5) is 0 Å². The summed E-state index contributed by atoms with van der Waals surface area (Å²) in [6.07, 6.45) is 0. The van der Waals surface area contributed by atoms with Crippen LogP contribution in [0.2, 0.25) is 0 Å². The molecule has 9 heavy (non-hydrogen) atoms. The molecule has 0 amide bonds. The fourth-order valence-electron chi connectivity index (χ4n) is 0.0676. The van der Waals surface area contributed by atoms with Gasteiger partial charge in [0.05, 0.1) is 0 Å². The number of carbonyl (C=O) groups is 1. The number of halogens is 1. The van der Waals surface area contributed by atoms with E-state index < -0.39 is 11.0 Å². The number of alkyl halides is 1. The minimum Gasteiger partial charge on any atom is -0.479 e. The predicted molar refractivity (Wildman–Crippen MR) is 37.9 cm³/mol. The molecule has 0 unspecified atom stereocenters. The van der Waals surface area contributed by atoms with Gasteiger partial charge in [0.2, 0.25) is 0 Å². The lowest BCUT2D eigenvalue weighted by molar-refractivity contribution is -0.139. The number of carboxylic acids is 1. The van der Waals surface area contributed by atoms with Gasteiger partial charge in [0, 0.05) is 5.75 Å². The van der Waals surface area contributed by atoms with Gasteiger partial charge in [-0.1, -0.05) is 11.6 Å². The highest BCUT2D eigenvalue weighted by Gasteiger charge is 2.28. The number of hydrogen-bond donors (Lipinski definition) is 3. The molecule has 0 fully saturated rings. The van der Waals surface area contributed by atoms with E-state index in [9.17, 15) is 4.79 Å². The Bertz CT molecular complexity index is 107. The Morgan fingerprint density at radius 1 is 1.89 bits per heavy atom. The lowest BCUT2D eigenvalue weighted by Crippen LogP contribution is -2.43. The first kappa shape index (κ1) is 11.8. The van der Waals surface area contributed by atoms with E-state index in [0.717, 1.165) is 0 Å². The van der Waals surface area contributed by atoms with Crippen LogP contribution in [-0.4, -0.2) is 27.3 Å². The van der Waals surface area contributed by atoms with E-state index in [4.69, 9.17) is 22.4 Å². The van der Waals surface area contributed by atoms with Gasteiger partial charge < -0.3 is 16.3 Å². The van der Waals surface area contributed by atoms with Crippen LogP contribution in [-0.2, 0) is 4.79 Å². The van der Waals surface area contributed by atoms with Crippen LogP contribution in [0.25, 0.3) is 0 Å². The average Bonchev–Trinajstić information content (AvgIpc) is 1.67. The summed E-state index contributed by atoms with van der Waals surface area (Å²) in [5.41, 5.74) is 4.95. The SMILES string of the molecule is N[C@@](Cl)(CS)C(=O)O.O. The van der Waals surface area contributed by atoms with E-state index in [2.05, 4.69) is 12.6 Å². The molecule has 0 rings (SSSR count). The van der Waals surface area contributed by atoms with Crippen LogP contribution in [0, 0.1) is 0 Å². The molecule has 4 nitrogen and oxygen atoms in total. The summed E-state index contributed by atoms with van der Waals surface area (Å²) in [6, 6.07) is 0. The molecule has 0 bridgehead atoms. The number of aliphatic carboxylic acids is 1. The van der Waals surface area contributed by atoms with Crippen LogP contribution in [0.15, 0.2) is 0 Å². The largest absolute Gasteiger partial charge is 0.479 e. The maximum atomic E-state index is 9.95. The van der Waals surface area contributed by atoms with E-state index in [1.807, 2.05) is 0 Å². The normalized spacial score (nSPS) is 15.4. The molecule has 0 aromatic rings. The maximum Gasteiger partial charge on any atom is 0.340 e. The van der Waals surface area contributed by atoms with Gasteiger partial charge in [-0.3, -0.25) is 0 Å². The molecule has 1 atom stereocenters. The second-order valence-corrected chi connectivity index (χ2v) is 2.32.